The Morgan fingerprint density at radius 1 is 1.23 bits per heavy atom. The fourth-order valence-corrected chi connectivity index (χ4v) is 3.49. The van der Waals surface area contributed by atoms with Gasteiger partial charge in [0.05, 0.1) is 6.54 Å². The highest BCUT2D eigenvalue weighted by atomic mass is 35.5. The van der Waals surface area contributed by atoms with Crippen LogP contribution in [0.1, 0.15) is 32.8 Å². The molecule has 0 aromatic heterocycles. The molecule has 144 valence electrons. The van der Waals surface area contributed by atoms with Crippen molar-refractivity contribution in [2.24, 2.45) is 5.92 Å². The van der Waals surface area contributed by atoms with Crippen LogP contribution in [0, 0.1) is 5.92 Å². The fraction of sp³-hybridized carbons (Fsp3) is 0.556. The molecule has 0 spiro atoms. The number of carbonyl (C=O) groups is 2. The maximum absolute atomic E-state index is 12.7. The highest BCUT2D eigenvalue weighted by Gasteiger charge is 2.52. The predicted octanol–water partition coefficient (Wildman–Crippen LogP) is 1.80. The number of amides is 2. The zero-order valence-electron chi connectivity index (χ0n) is 15.1. The first-order valence-electron chi connectivity index (χ1n) is 8.47. The number of halogens is 1. The van der Waals surface area contributed by atoms with Gasteiger partial charge in [0.2, 0.25) is 5.91 Å². The van der Waals surface area contributed by atoms with E-state index in [2.05, 4.69) is 5.32 Å². The van der Waals surface area contributed by atoms with E-state index in [1.807, 2.05) is 0 Å². The summed E-state index contributed by atoms with van der Waals surface area (Å²) in [6, 6.07) is 5.65. The summed E-state index contributed by atoms with van der Waals surface area (Å²) in [5.41, 5.74) is -2.63. The van der Waals surface area contributed by atoms with Crippen LogP contribution in [0.25, 0.3) is 0 Å². The molecule has 1 aromatic carbocycles. The van der Waals surface area contributed by atoms with Crippen LogP contribution in [0.15, 0.2) is 24.3 Å². The van der Waals surface area contributed by atoms with Crippen molar-refractivity contribution in [2.75, 3.05) is 13.1 Å². The molecule has 1 unspecified atom stereocenters. The summed E-state index contributed by atoms with van der Waals surface area (Å²) < 4.78 is 0. The van der Waals surface area contributed by atoms with Gasteiger partial charge in [-0.2, -0.15) is 0 Å². The molecule has 1 aliphatic rings. The summed E-state index contributed by atoms with van der Waals surface area (Å²) in [5.74, 6) is -0.665. The van der Waals surface area contributed by atoms with E-state index in [9.17, 15) is 19.8 Å². The van der Waals surface area contributed by atoms with Crippen LogP contribution < -0.4 is 5.32 Å². The summed E-state index contributed by atoms with van der Waals surface area (Å²) in [5, 5.41) is 33.7. The number of likely N-dealkylation sites (tertiary alicyclic amines) is 1. The molecule has 0 aliphatic carbocycles. The Bertz CT molecular complexity index is 677. The number of hydrogen-bond donors (Lipinski definition) is 4. The van der Waals surface area contributed by atoms with Gasteiger partial charge in [-0.05, 0) is 30.5 Å². The van der Waals surface area contributed by atoms with E-state index in [-0.39, 0.29) is 25.4 Å². The van der Waals surface area contributed by atoms with Crippen LogP contribution in [0.4, 0.5) is 4.79 Å². The van der Waals surface area contributed by atoms with Gasteiger partial charge in [0.15, 0.2) is 0 Å². The first-order chi connectivity index (χ1) is 12.0. The normalized spacial score (nSPS) is 27.3. The molecule has 2 rings (SSSR count). The summed E-state index contributed by atoms with van der Waals surface area (Å²) in [4.78, 5) is 25.1. The third-order valence-electron chi connectivity index (χ3n) is 4.98. The van der Waals surface area contributed by atoms with Gasteiger partial charge in [-0.25, -0.2) is 4.79 Å². The van der Waals surface area contributed by atoms with Gasteiger partial charge in [0.1, 0.15) is 17.2 Å². The molecule has 4 N–H and O–H groups in total. The maximum Gasteiger partial charge on any atom is 0.405 e. The Kier molecular flexibility index (Phi) is 5.85. The zero-order chi connectivity index (χ0) is 19.7. The number of β-amino-alcohol motifs (C(OH)–C–C–N with tert-alkyl or cyclic N) is 1. The molecule has 1 saturated heterocycles. The molecule has 1 aliphatic heterocycles. The molecule has 1 fully saturated rings. The Hall–Kier alpha value is -1.83. The lowest BCUT2D eigenvalue weighted by Crippen LogP contribution is -2.64. The van der Waals surface area contributed by atoms with Crippen LogP contribution in [-0.2, 0) is 10.4 Å². The van der Waals surface area contributed by atoms with E-state index in [0.29, 0.717) is 10.6 Å². The molecular weight excluding hydrogens is 360 g/mol. The Morgan fingerprint density at radius 3 is 2.27 bits per heavy atom. The molecule has 0 saturated carbocycles. The quantitative estimate of drug-likeness (QED) is 0.632. The van der Waals surface area contributed by atoms with Crippen molar-refractivity contribution in [3.05, 3.63) is 34.9 Å². The third kappa shape index (κ3) is 3.95. The van der Waals surface area contributed by atoms with Crippen LogP contribution in [0.2, 0.25) is 5.02 Å². The molecule has 1 aromatic rings. The van der Waals surface area contributed by atoms with Crippen LogP contribution >= 0.6 is 11.6 Å². The third-order valence-corrected chi connectivity index (χ3v) is 5.23. The Balaban J connectivity index is 2.23. The Morgan fingerprint density at radius 2 is 1.81 bits per heavy atom. The van der Waals surface area contributed by atoms with Crippen LogP contribution in [0.5, 0.6) is 0 Å². The topological polar surface area (TPSA) is 110 Å². The van der Waals surface area contributed by atoms with Gasteiger partial charge in [0, 0.05) is 18.0 Å². The number of carbonyl (C=O) groups excluding carboxylic acids is 1. The molecule has 0 bridgehead atoms. The van der Waals surface area contributed by atoms with E-state index >= 15 is 0 Å². The van der Waals surface area contributed by atoms with E-state index < -0.39 is 29.2 Å². The number of piperidine rings is 1. The highest BCUT2D eigenvalue weighted by molar-refractivity contribution is 6.30. The minimum Gasteiger partial charge on any atom is -0.465 e. The smallest absolute Gasteiger partial charge is 0.405 e. The highest BCUT2D eigenvalue weighted by Crippen LogP contribution is 2.40. The van der Waals surface area contributed by atoms with Crippen molar-refractivity contribution >= 4 is 23.6 Å². The number of nitrogens with one attached hydrogen (secondary N) is 1. The summed E-state index contributed by atoms with van der Waals surface area (Å²) in [6.45, 7) is 5.03. The second kappa shape index (κ2) is 7.42. The Labute approximate surface area is 157 Å². The standard InChI is InChI=1S/C18H25ClN2O5/c1-11(2)14(20-16(23)24)15(22)21-9-8-18(26,17(3,25)10-21)12-4-6-13(19)7-5-12/h4-7,11,14,20,25-26H,8-10H2,1-3H3,(H,23,24)/t14?,17-,18-/m0/s1. The molecule has 2 amide bonds. The molecular formula is C18H25ClN2O5. The number of nitrogens with zero attached hydrogens (tertiary/aromatic N) is 1. The first-order valence-corrected chi connectivity index (χ1v) is 8.85. The summed E-state index contributed by atoms with van der Waals surface area (Å²) in [6.07, 6.45) is -1.16. The fourth-order valence-electron chi connectivity index (χ4n) is 3.36. The summed E-state index contributed by atoms with van der Waals surface area (Å²) >= 11 is 5.89. The molecule has 7 nitrogen and oxygen atoms in total. The number of hydrogen-bond acceptors (Lipinski definition) is 4. The monoisotopic (exact) mass is 384 g/mol. The summed E-state index contributed by atoms with van der Waals surface area (Å²) in [7, 11) is 0. The molecule has 3 atom stereocenters. The number of carboxylic acid groups (broad SMARTS) is 1. The SMILES string of the molecule is CC(C)C(NC(=O)O)C(=O)N1CC[C@](O)(c2ccc(Cl)cc2)[C@@](C)(O)C1. The van der Waals surface area contributed by atoms with Crippen molar-refractivity contribution in [3.8, 4) is 0 Å². The molecule has 26 heavy (non-hydrogen) atoms. The number of benzene rings is 1. The molecule has 8 heteroatoms. The maximum atomic E-state index is 12.7. The molecule has 1 heterocycles. The van der Waals surface area contributed by atoms with Crippen LogP contribution in [0.3, 0.4) is 0 Å². The largest absolute Gasteiger partial charge is 0.465 e. The predicted molar refractivity (Wildman–Crippen MR) is 97.0 cm³/mol. The van der Waals surface area contributed by atoms with Crippen molar-refractivity contribution in [3.63, 3.8) is 0 Å². The van der Waals surface area contributed by atoms with Crippen LogP contribution in [-0.4, -0.2) is 57.0 Å². The lowest BCUT2D eigenvalue weighted by Gasteiger charge is -2.49. The minimum absolute atomic E-state index is 0.116. The lowest BCUT2D eigenvalue weighted by atomic mass is 9.73. The van der Waals surface area contributed by atoms with E-state index in [1.54, 1.807) is 38.1 Å². The average molecular weight is 385 g/mol. The second-order valence-electron chi connectivity index (χ2n) is 7.32. The van der Waals surface area contributed by atoms with E-state index in [0.717, 1.165) is 0 Å². The first kappa shape index (κ1) is 20.5. The molecule has 0 radical (unpaired) electrons. The van der Waals surface area contributed by atoms with Crippen molar-refractivity contribution in [2.45, 2.75) is 44.4 Å². The second-order valence-corrected chi connectivity index (χ2v) is 7.76. The van der Waals surface area contributed by atoms with Gasteiger partial charge in [-0.15, -0.1) is 0 Å². The van der Waals surface area contributed by atoms with Gasteiger partial charge < -0.3 is 25.5 Å². The lowest BCUT2D eigenvalue weighted by molar-refractivity contribution is -0.191. The van der Waals surface area contributed by atoms with Gasteiger partial charge in [-0.1, -0.05) is 37.6 Å². The average Bonchev–Trinajstić information content (AvgIpc) is 2.54. The van der Waals surface area contributed by atoms with E-state index in [4.69, 9.17) is 16.7 Å². The van der Waals surface area contributed by atoms with Crippen molar-refractivity contribution < 1.29 is 24.9 Å². The van der Waals surface area contributed by atoms with Crippen molar-refractivity contribution in [1.82, 2.24) is 10.2 Å². The number of aliphatic hydroxyl groups is 2. The van der Waals surface area contributed by atoms with Crippen molar-refractivity contribution in [1.29, 1.82) is 0 Å². The minimum atomic E-state index is -1.61. The van der Waals surface area contributed by atoms with Gasteiger partial charge in [0.25, 0.3) is 0 Å². The van der Waals surface area contributed by atoms with Gasteiger partial charge >= 0.3 is 6.09 Å². The van der Waals surface area contributed by atoms with E-state index in [1.165, 1.54) is 11.8 Å². The zero-order valence-corrected chi connectivity index (χ0v) is 15.8. The van der Waals surface area contributed by atoms with Gasteiger partial charge in [-0.3, -0.25) is 4.79 Å². The number of rotatable bonds is 4.